The number of methoxy groups -OCH3 is 1. The summed E-state index contributed by atoms with van der Waals surface area (Å²) in [5.74, 6) is 0. The Morgan fingerprint density at radius 2 is 1.77 bits per heavy atom. The van der Waals surface area contributed by atoms with Crippen molar-refractivity contribution in [3.63, 3.8) is 0 Å². The van der Waals surface area contributed by atoms with Crippen molar-refractivity contribution in [3.05, 3.63) is 0 Å². The van der Waals surface area contributed by atoms with Crippen LogP contribution in [0.1, 0.15) is 25.7 Å². The summed E-state index contributed by atoms with van der Waals surface area (Å²) in [5.41, 5.74) is -1.39. The molecule has 0 aromatic carbocycles. The molecule has 1 saturated carbocycles. The molecule has 78 valence electrons. The lowest BCUT2D eigenvalue weighted by molar-refractivity contribution is -0.261. The van der Waals surface area contributed by atoms with Gasteiger partial charge in [0.1, 0.15) is 5.60 Å². The number of aliphatic hydroxyl groups excluding tert-OH is 1. The molecular formula is C8H13F3O2. The van der Waals surface area contributed by atoms with Crippen LogP contribution in [0, 0.1) is 0 Å². The van der Waals surface area contributed by atoms with Gasteiger partial charge in [-0.05, 0) is 12.8 Å². The van der Waals surface area contributed by atoms with Crippen molar-refractivity contribution in [2.45, 2.75) is 43.6 Å². The summed E-state index contributed by atoms with van der Waals surface area (Å²) < 4.78 is 41.4. The summed E-state index contributed by atoms with van der Waals surface area (Å²) in [6.45, 7) is 0. The van der Waals surface area contributed by atoms with E-state index in [0.29, 0.717) is 12.8 Å². The zero-order valence-corrected chi connectivity index (χ0v) is 7.40. The monoisotopic (exact) mass is 198 g/mol. The van der Waals surface area contributed by atoms with Gasteiger partial charge in [0.2, 0.25) is 0 Å². The van der Waals surface area contributed by atoms with E-state index in [1.807, 2.05) is 0 Å². The first-order chi connectivity index (χ1) is 5.92. The molecule has 5 heteroatoms. The molecule has 1 rings (SSSR count). The quantitative estimate of drug-likeness (QED) is 0.733. The van der Waals surface area contributed by atoms with Gasteiger partial charge in [-0.1, -0.05) is 12.8 Å². The van der Waals surface area contributed by atoms with Crippen molar-refractivity contribution in [2.24, 2.45) is 0 Å². The second kappa shape index (κ2) is 3.46. The van der Waals surface area contributed by atoms with Crippen molar-refractivity contribution < 1.29 is 23.0 Å². The van der Waals surface area contributed by atoms with Gasteiger partial charge in [-0.15, -0.1) is 0 Å². The van der Waals surface area contributed by atoms with Crippen LogP contribution in [0.2, 0.25) is 0 Å². The van der Waals surface area contributed by atoms with Gasteiger partial charge >= 0.3 is 6.18 Å². The molecule has 0 aromatic rings. The minimum Gasteiger partial charge on any atom is -0.381 e. The fourth-order valence-corrected chi connectivity index (χ4v) is 1.86. The molecule has 0 heterocycles. The molecule has 0 saturated heterocycles. The molecular weight excluding hydrogens is 185 g/mol. The Labute approximate surface area is 74.7 Å². The van der Waals surface area contributed by atoms with Crippen molar-refractivity contribution in [1.29, 1.82) is 0 Å². The van der Waals surface area contributed by atoms with E-state index < -0.39 is 17.9 Å². The third-order valence-corrected chi connectivity index (χ3v) is 2.66. The maximum atomic E-state index is 12.2. The van der Waals surface area contributed by atoms with Crippen molar-refractivity contribution >= 4 is 0 Å². The molecule has 1 atom stereocenters. The molecule has 0 bridgehead atoms. The molecule has 1 fully saturated rings. The third kappa shape index (κ3) is 1.96. The number of hydrogen-bond donors (Lipinski definition) is 1. The lowest BCUT2D eigenvalue weighted by Crippen LogP contribution is -2.50. The fourth-order valence-electron chi connectivity index (χ4n) is 1.86. The van der Waals surface area contributed by atoms with Gasteiger partial charge in [0, 0.05) is 7.11 Å². The van der Waals surface area contributed by atoms with Gasteiger partial charge < -0.3 is 9.84 Å². The predicted octanol–water partition coefficient (Wildman–Crippen LogP) is 1.87. The smallest absolute Gasteiger partial charge is 0.381 e. The Balaban J connectivity index is 2.76. The fraction of sp³-hybridized carbons (Fsp3) is 1.00. The average Bonchev–Trinajstić information content (AvgIpc) is 2.50. The lowest BCUT2D eigenvalue weighted by Gasteiger charge is -2.33. The molecule has 13 heavy (non-hydrogen) atoms. The van der Waals surface area contributed by atoms with Crippen molar-refractivity contribution in [3.8, 4) is 0 Å². The summed E-state index contributed by atoms with van der Waals surface area (Å²) in [6, 6.07) is 0. The van der Waals surface area contributed by atoms with E-state index >= 15 is 0 Å². The molecule has 0 radical (unpaired) electrons. The Morgan fingerprint density at radius 1 is 1.31 bits per heavy atom. The van der Waals surface area contributed by atoms with Crippen molar-refractivity contribution in [2.75, 3.05) is 7.11 Å². The highest BCUT2D eigenvalue weighted by atomic mass is 19.4. The van der Waals surface area contributed by atoms with E-state index in [-0.39, 0.29) is 12.8 Å². The minimum atomic E-state index is -4.58. The van der Waals surface area contributed by atoms with Crippen LogP contribution in [0.5, 0.6) is 0 Å². The largest absolute Gasteiger partial charge is 0.417 e. The number of ether oxygens (including phenoxy) is 1. The molecule has 2 nitrogen and oxygen atoms in total. The lowest BCUT2D eigenvalue weighted by atomic mass is 9.94. The van der Waals surface area contributed by atoms with Crippen LogP contribution in [0.15, 0.2) is 0 Å². The zero-order valence-electron chi connectivity index (χ0n) is 7.40. The average molecular weight is 198 g/mol. The van der Waals surface area contributed by atoms with E-state index in [1.54, 1.807) is 0 Å². The van der Waals surface area contributed by atoms with E-state index in [0.717, 1.165) is 0 Å². The van der Waals surface area contributed by atoms with Gasteiger partial charge in [0.25, 0.3) is 0 Å². The number of hydrogen-bond acceptors (Lipinski definition) is 2. The molecule has 0 amide bonds. The van der Waals surface area contributed by atoms with Crippen molar-refractivity contribution in [1.82, 2.24) is 0 Å². The number of alkyl halides is 3. The normalized spacial score (nSPS) is 24.7. The van der Waals surface area contributed by atoms with Crippen LogP contribution in [-0.4, -0.2) is 30.1 Å². The second-order valence-electron chi connectivity index (χ2n) is 3.42. The molecule has 1 aliphatic rings. The van der Waals surface area contributed by atoms with Crippen LogP contribution in [0.4, 0.5) is 13.2 Å². The summed E-state index contributed by atoms with van der Waals surface area (Å²) in [5, 5.41) is 9.09. The summed E-state index contributed by atoms with van der Waals surface area (Å²) in [7, 11) is 1.22. The Hall–Kier alpha value is -0.290. The Bertz CT molecular complexity index is 173. The van der Waals surface area contributed by atoms with E-state index in [4.69, 9.17) is 9.84 Å². The molecule has 0 aromatic heterocycles. The molecule has 0 spiro atoms. The third-order valence-electron chi connectivity index (χ3n) is 2.66. The summed E-state index contributed by atoms with van der Waals surface area (Å²) in [6.07, 6.45) is -5.01. The van der Waals surface area contributed by atoms with Crippen LogP contribution < -0.4 is 0 Å². The first-order valence-corrected chi connectivity index (χ1v) is 4.22. The highest BCUT2D eigenvalue weighted by molar-refractivity contribution is 4.95. The Morgan fingerprint density at radius 3 is 2.08 bits per heavy atom. The van der Waals surface area contributed by atoms with Crippen LogP contribution in [0.3, 0.4) is 0 Å². The first-order valence-electron chi connectivity index (χ1n) is 4.22. The van der Waals surface area contributed by atoms with Gasteiger partial charge in [0.05, 0.1) is 0 Å². The minimum absolute atomic E-state index is 0.282. The Kier molecular flexibility index (Phi) is 2.87. The molecule has 1 N–H and O–H groups in total. The highest BCUT2D eigenvalue weighted by Crippen LogP contribution is 2.41. The highest BCUT2D eigenvalue weighted by Gasteiger charge is 2.54. The predicted molar refractivity (Wildman–Crippen MR) is 40.3 cm³/mol. The van der Waals surface area contributed by atoms with E-state index in [1.165, 1.54) is 7.11 Å². The van der Waals surface area contributed by atoms with Crippen LogP contribution in [-0.2, 0) is 4.74 Å². The second-order valence-corrected chi connectivity index (χ2v) is 3.42. The summed E-state index contributed by atoms with van der Waals surface area (Å²) in [4.78, 5) is 0. The molecule has 1 aliphatic carbocycles. The zero-order chi connectivity index (χ0) is 10.1. The van der Waals surface area contributed by atoms with Gasteiger partial charge in [0.15, 0.2) is 6.10 Å². The maximum Gasteiger partial charge on any atom is 0.417 e. The number of aliphatic hydroxyl groups is 1. The van der Waals surface area contributed by atoms with Crippen LogP contribution in [0.25, 0.3) is 0 Å². The maximum absolute atomic E-state index is 12.2. The van der Waals surface area contributed by atoms with Gasteiger partial charge in [-0.25, -0.2) is 0 Å². The van der Waals surface area contributed by atoms with Gasteiger partial charge in [-0.2, -0.15) is 13.2 Å². The summed E-state index contributed by atoms with van der Waals surface area (Å²) >= 11 is 0. The van der Waals surface area contributed by atoms with Crippen LogP contribution >= 0.6 is 0 Å². The molecule has 1 unspecified atom stereocenters. The SMILES string of the molecule is COC1(C(O)C(F)(F)F)CCCC1. The topological polar surface area (TPSA) is 29.5 Å². The van der Waals surface area contributed by atoms with E-state index in [2.05, 4.69) is 0 Å². The number of rotatable bonds is 2. The number of halogens is 3. The molecule has 0 aliphatic heterocycles. The standard InChI is InChI=1S/C8H13F3O2/c1-13-7(4-2-3-5-7)6(12)8(9,10)11/h6,12H,2-5H2,1H3. The first kappa shape index (κ1) is 10.8. The van der Waals surface area contributed by atoms with Gasteiger partial charge in [-0.3, -0.25) is 0 Å². The van der Waals surface area contributed by atoms with E-state index in [9.17, 15) is 13.2 Å².